The van der Waals surface area contributed by atoms with Gasteiger partial charge in [-0.15, -0.1) is 0 Å². The average Bonchev–Trinajstić information content (AvgIpc) is 3.68. The van der Waals surface area contributed by atoms with Crippen LogP contribution in [-0.2, 0) is 0 Å². The van der Waals surface area contributed by atoms with Crippen LogP contribution in [0.4, 0.5) is 10.6 Å². The van der Waals surface area contributed by atoms with Crippen LogP contribution < -0.4 is 10.2 Å². The van der Waals surface area contributed by atoms with Gasteiger partial charge in [0.25, 0.3) is 0 Å². The smallest absolute Gasteiger partial charge is 0.318 e. The number of nitrogens with zero attached hydrogens (tertiary/aromatic N) is 4. The molecule has 0 bridgehead atoms. The molecule has 164 valence electrons. The first-order valence-electron chi connectivity index (χ1n) is 11.1. The molecule has 2 heterocycles. The molecule has 2 N–H and O–H groups in total. The van der Waals surface area contributed by atoms with Crippen molar-refractivity contribution in [2.75, 3.05) is 18.0 Å². The van der Waals surface area contributed by atoms with Crippen molar-refractivity contribution in [3.8, 4) is 6.01 Å². The molecule has 0 unspecified atom stereocenters. The molecule has 31 heavy (non-hydrogen) atoms. The van der Waals surface area contributed by atoms with Crippen LogP contribution in [0.2, 0.25) is 5.02 Å². The number of hydrogen-bond donors (Lipinski definition) is 2. The van der Waals surface area contributed by atoms with E-state index in [1.54, 1.807) is 6.20 Å². The molecular formula is C23H28ClN5O2. The van der Waals surface area contributed by atoms with Crippen molar-refractivity contribution in [3.05, 3.63) is 46.6 Å². The molecule has 1 saturated heterocycles. The Morgan fingerprint density at radius 3 is 2.84 bits per heavy atom. The van der Waals surface area contributed by atoms with Gasteiger partial charge in [-0.2, -0.15) is 4.98 Å². The monoisotopic (exact) mass is 441 g/mol. The van der Waals surface area contributed by atoms with E-state index < -0.39 is 0 Å². The van der Waals surface area contributed by atoms with E-state index in [-0.39, 0.29) is 24.1 Å². The summed E-state index contributed by atoms with van der Waals surface area (Å²) in [7, 11) is 0. The summed E-state index contributed by atoms with van der Waals surface area (Å²) >= 11 is 6.16. The van der Waals surface area contributed by atoms with Gasteiger partial charge in [0.1, 0.15) is 5.82 Å². The van der Waals surface area contributed by atoms with E-state index in [2.05, 4.69) is 37.2 Å². The number of aryl methyl sites for hydroxylation is 1. The fraction of sp³-hybridized carbons (Fsp3) is 0.522. The zero-order chi connectivity index (χ0) is 21.5. The standard InChI is InChI=1S/C23H28ClN5O2/c1-14-11-15(4-7-19(14)24)18-12-20(18)26-23(31)29(16-5-6-16)17-3-2-10-28(13-17)21-8-9-25-22(30)27-21/h4,7-9,11,16-18,20H,2-3,5-6,10,12-13H2,1H3,(H,26,31)(H,25,27,30)/t17-,18+,20-/m1/s1. The van der Waals surface area contributed by atoms with E-state index in [0.29, 0.717) is 17.8 Å². The van der Waals surface area contributed by atoms with Gasteiger partial charge in [0.2, 0.25) is 0 Å². The third kappa shape index (κ3) is 4.42. The minimum Gasteiger partial charge on any atom is -0.479 e. The number of benzene rings is 1. The highest BCUT2D eigenvalue weighted by Crippen LogP contribution is 2.42. The summed E-state index contributed by atoms with van der Waals surface area (Å²) in [5.41, 5.74) is 2.33. The van der Waals surface area contributed by atoms with Gasteiger partial charge in [0, 0.05) is 42.3 Å². The lowest BCUT2D eigenvalue weighted by molar-refractivity contribution is 0.160. The van der Waals surface area contributed by atoms with Crippen molar-refractivity contribution < 1.29 is 9.90 Å². The van der Waals surface area contributed by atoms with Crippen LogP contribution in [0.5, 0.6) is 6.01 Å². The SMILES string of the molecule is Cc1cc([C@@H]2C[C@H]2NC(=O)N(C2CC2)[C@@H]2CCCN(c3ccnc(O)n3)C2)ccc1Cl. The molecule has 3 fully saturated rings. The quantitative estimate of drug-likeness (QED) is 0.736. The van der Waals surface area contributed by atoms with Crippen molar-refractivity contribution in [1.82, 2.24) is 20.2 Å². The highest BCUT2D eigenvalue weighted by molar-refractivity contribution is 6.31. The van der Waals surface area contributed by atoms with E-state index in [1.807, 2.05) is 19.1 Å². The van der Waals surface area contributed by atoms with Crippen LogP contribution in [0.1, 0.15) is 49.1 Å². The third-order valence-corrected chi connectivity index (χ3v) is 7.05. The molecule has 1 aliphatic heterocycles. The molecule has 2 aromatic rings. The van der Waals surface area contributed by atoms with Gasteiger partial charge in [-0.25, -0.2) is 9.78 Å². The highest BCUT2D eigenvalue weighted by atomic mass is 35.5. The second-order valence-corrected chi connectivity index (χ2v) is 9.41. The predicted molar refractivity (Wildman–Crippen MR) is 120 cm³/mol. The van der Waals surface area contributed by atoms with Crippen molar-refractivity contribution in [1.29, 1.82) is 0 Å². The Hall–Kier alpha value is -2.54. The van der Waals surface area contributed by atoms with E-state index in [4.69, 9.17) is 11.6 Å². The largest absolute Gasteiger partial charge is 0.479 e. The summed E-state index contributed by atoms with van der Waals surface area (Å²) in [5, 5.41) is 13.7. The van der Waals surface area contributed by atoms with Crippen molar-refractivity contribution in [2.45, 2.75) is 63.1 Å². The summed E-state index contributed by atoms with van der Waals surface area (Å²) in [6, 6.07) is 8.47. The zero-order valence-corrected chi connectivity index (χ0v) is 18.4. The maximum absolute atomic E-state index is 13.3. The van der Waals surface area contributed by atoms with Crippen LogP contribution in [0.3, 0.4) is 0 Å². The molecule has 1 aromatic carbocycles. The van der Waals surface area contributed by atoms with Crippen LogP contribution in [0, 0.1) is 6.92 Å². The maximum Gasteiger partial charge on any atom is 0.318 e. The number of carbonyl (C=O) groups is 1. The minimum absolute atomic E-state index is 0.0538. The number of piperidine rings is 1. The number of anilines is 1. The Morgan fingerprint density at radius 1 is 1.26 bits per heavy atom. The molecule has 2 aliphatic carbocycles. The van der Waals surface area contributed by atoms with Gasteiger partial charge >= 0.3 is 12.0 Å². The normalized spacial score (nSPS) is 25.2. The molecule has 0 radical (unpaired) electrons. The molecular weight excluding hydrogens is 414 g/mol. The van der Waals surface area contributed by atoms with Crippen LogP contribution in [-0.4, -0.2) is 57.2 Å². The van der Waals surface area contributed by atoms with E-state index >= 15 is 0 Å². The van der Waals surface area contributed by atoms with E-state index in [0.717, 1.165) is 55.8 Å². The summed E-state index contributed by atoms with van der Waals surface area (Å²) in [4.78, 5) is 25.4. The van der Waals surface area contributed by atoms with Crippen molar-refractivity contribution in [3.63, 3.8) is 0 Å². The van der Waals surface area contributed by atoms with Crippen molar-refractivity contribution in [2.24, 2.45) is 0 Å². The lowest BCUT2D eigenvalue weighted by atomic mass is 10.0. The number of urea groups is 1. The molecule has 2 saturated carbocycles. The second-order valence-electron chi connectivity index (χ2n) is 9.00. The van der Waals surface area contributed by atoms with Gasteiger partial charge < -0.3 is 20.2 Å². The van der Waals surface area contributed by atoms with E-state index in [1.165, 1.54) is 5.56 Å². The fourth-order valence-electron chi connectivity index (χ4n) is 4.74. The number of hydrogen-bond acceptors (Lipinski definition) is 5. The van der Waals surface area contributed by atoms with E-state index in [9.17, 15) is 9.90 Å². The first-order valence-corrected chi connectivity index (χ1v) is 11.5. The first-order chi connectivity index (χ1) is 15.0. The molecule has 7 nitrogen and oxygen atoms in total. The number of aromatic hydroxyl groups is 1. The number of rotatable bonds is 5. The van der Waals surface area contributed by atoms with Gasteiger partial charge in [-0.1, -0.05) is 23.7 Å². The molecule has 1 aromatic heterocycles. The minimum atomic E-state index is -0.214. The summed E-state index contributed by atoms with van der Waals surface area (Å²) in [6.07, 6.45) is 6.66. The molecule has 5 rings (SSSR count). The Kier molecular flexibility index (Phi) is 5.38. The molecule has 3 aliphatic rings. The van der Waals surface area contributed by atoms with Crippen LogP contribution in [0.25, 0.3) is 0 Å². The topological polar surface area (TPSA) is 81.6 Å². The Labute approximate surface area is 187 Å². The number of amides is 2. The number of carbonyl (C=O) groups excluding carboxylic acids is 1. The summed E-state index contributed by atoms with van der Waals surface area (Å²) in [6.45, 7) is 3.61. The predicted octanol–water partition coefficient (Wildman–Crippen LogP) is 3.84. The molecule has 3 atom stereocenters. The van der Waals surface area contributed by atoms with Crippen LogP contribution in [0.15, 0.2) is 30.5 Å². The molecule has 0 spiro atoms. The third-order valence-electron chi connectivity index (χ3n) is 6.63. The fourth-order valence-corrected chi connectivity index (χ4v) is 4.86. The van der Waals surface area contributed by atoms with Gasteiger partial charge in [-0.05, 0) is 62.3 Å². The summed E-state index contributed by atoms with van der Waals surface area (Å²) in [5.74, 6) is 1.08. The number of halogens is 1. The molecule has 2 amide bonds. The van der Waals surface area contributed by atoms with Crippen LogP contribution >= 0.6 is 11.6 Å². The van der Waals surface area contributed by atoms with Crippen molar-refractivity contribution >= 4 is 23.4 Å². The lowest BCUT2D eigenvalue weighted by Crippen LogP contribution is -2.54. The first kappa shape index (κ1) is 20.4. The number of aromatic nitrogens is 2. The Balaban J connectivity index is 1.24. The zero-order valence-electron chi connectivity index (χ0n) is 17.7. The number of nitrogens with one attached hydrogen (secondary N) is 1. The Bertz CT molecular complexity index is 982. The van der Waals surface area contributed by atoms with Gasteiger partial charge in [0.05, 0.1) is 6.04 Å². The molecule has 8 heteroatoms. The lowest BCUT2D eigenvalue weighted by Gasteiger charge is -2.40. The van der Waals surface area contributed by atoms with Gasteiger partial charge in [0.15, 0.2) is 0 Å². The maximum atomic E-state index is 13.3. The highest BCUT2D eigenvalue weighted by Gasteiger charge is 2.44. The summed E-state index contributed by atoms with van der Waals surface area (Å²) < 4.78 is 0. The average molecular weight is 442 g/mol. The van der Waals surface area contributed by atoms with Gasteiger partial charge in [-0.3, -0.25) is 0 Å². The second kappa shape index (κ2) is 8.19. The Morgan fingerprint density at radius 2 is 2.10 bits per heavy atom.